The molecule has 0 aliphatic heterocycles. The van der Waals surface area contributed by atoms with Gasteiger partial charge >= 0.3 is 0 Å². The van der Waals surface area contributed by atoms with Crippen LogP contribution in [0.15, 0.2) is 41.0 Å². The summed E-state index contributed by atoms with van der Waals surface area (Å²) in [6.45, 7) is 1.91. The number of hydrogen-bond acceptors (Lipinski definition) is 3. The number of rotatable bonds is 3. The molecule has 2 N–H and O–H groups in total. The van der Waals surface area contributed by atoms with Crippen LogP contribution in [-0.4, -0.2) is 4.98 Å². The van der Waals surface area contributed by atoms with Gasteiger partial charge in [0.15, 0.2) is 0 Å². The van der Waals surface area contributed by atoms with Crippen molar-refractivity contribution in [2.75, 3.05) is 0 Å². The van der Waals surface area contributed by atoms with E-state index in [2.05, 4.69) is 20.9 Å². The molecule has 0 saturated heterocycles. The van der Waals surface area contributed by atoms with E-state index in [1.807, 2.05) is 19.1 Å². The lowest BCUT2D eigenvalue weighted by Gasteiger charge is -2.08. The minimum atomic E-state index is -0.0391. The monoisotopic (exact) mass is 326 g/mol. The fraction of sp³-hybridized carbons (Fsp3) is 0.154. The molecule has 0 radical (unpaired) electrons. The number of hydrogen-bond donors (Lipinski definition) is 1. The Bertz CT molecular complexity index is 543. The number of aromatic nitrogens is 1. The predicted octanol–water partition coefficient (Wildman–Crippen LogP) is 4.31. The SMILES string of the molecule is C[C@H](N)c1ccc(Oc2ccc(Br)cc2Cl)nc1. The molecule has 1 heterocycles. The van der Waals surface area contributed by atoms with Gasteiger partial charge in [-0.2, -0.15) is 0 Å². The molecule has 94 valence electrons. The normalized spacial score (nSPS) is 12.2. The maximum absolute atomic E-state index is 6.06. The molecule has 0 spiro atoms. The first-order valence-corrected chi connectivity index (χ1v) is 6.58. The van der Waals surface area contributed by atoms with Crippen LogP contribution in [0.2, 0.25) is 5.02 Å². The largest absolute Gasteiger partial charge is 0.437 e. The lowest BCUT2D eigenvalue weighted by molar-refractivity contribution is 0.462. The quantitative estimate of drug-likeness (QED) is 0.914. The summed E-state index contributed by atoms with van der Waals surface area (Å²) in [6.07, 6.45) is 1.70. The Morgan fingerprint density at radius 3 is 2.67 bits per heavy atom. The topological polar surface area (TPSA) is 48.1 Å². The van der Waals surface area contributed by atoms with E-state index in [1.54, 1.807) is 24.4 Å². The van der Waals surface area contributed by atoms with Crippen LogP contribution in [0.4, 0.5) is 0 Å². The van der Waals surface area contributed by atoms with Crippen LogP contribution in [0, 0.1) is 0 Å². The minimum absolute atomic E-state index is 0.0391. The van der Waals surface area contributed by atoms with Crippen molar-refractivity contribution in [3.8, 4) is 11.6 Å². The Kier molecular flexibility index (Phi) is 4.22. The van der Waals surface area contributed by atoms with E-state index in [4.69, 9.17) is 22.1 Å². The van der Waals surface area contributed by atoms with Gasteiger partial charge in [0.25, 0.3) is 0 Å². The second-order valence-corrected chi connectivity index (χ2v) is 5.22. The molecule has 0 bridgehead atoms. The fourth-order valence-electron chi connectivity index (χ4n) is 1.39. The van der Waals surface area contributed by atoms with Crippen molar-refractivity contribution in [3.63, 3.8) is 0 Å². The third kappa shape index (κ3) is 3.22. The first kappa shape index (κ1) is 13.3. The van der Waals surface area contributed by atoms with Crippen molar-refractivity contribution in [1.82, 2.24) is 4.98 Å². The van der Waals surface area contributed by atoms with Crippen LogP contribution in [0.1, 0.15) is 18.5 Å². The van der Waals surface area contributed by atoms with Gasteiger partial charge in [-0.15, -0.1) is 0 Å². The average molecular weight is 328 g/mol. The standard InChI is InChI=1S/C13H12BrClN2O/c1-8(16)9-2-5-13(17-7-9)18-12-4-3-10(14)6-11(12)15/h2-8H,16H2,1H3/t8-/m0/s1. The maximum atomic E-state index is 6.06. The summed E-state index contributed by atoms with van der Waals surface area (Å²) in [7, 11) is 0. The number of pyridine rings is 1. The van der Waals surface area contributed by atoms with E-state index in [1.165, 1.54) is 0 Å². The fourth-order valence-corrected chi connectivity index (χ4v) is 2.10. The third-order valence-electron chi connectivity index (χ3n) is 2.39. The number of nitrogens with zero attached hydrogens (tertiary/aromatic N) is 1. The Labute approximate surface area is 119 Å². The van der Waals surface area contributed by atoms with E-state index < -0.39 is 0 Å². The molecule has 3 nitrogen and oxygen atoms in total. The zero-order chi connectivity index (χ0) is 13.1. The molecule has 2 aromatic rings. The Hall–Kier alpha value is -1.10. The Morgan fingerprint density at radius 2 is 2.11 bits per heavy atom. The molecule has 0 saturated carbocycles. The smallest absolute Gasteiger partial charge is 0.219 e. The second kappa shape index (κ2) is 5.69. The maximum Gasteiger partial charge on any atom is 0.219 e. The summed E-state index contributed by atoms with van der Waals surface area (Å²) in [6, 6.07) is 9.04. The predicted molar refractivity (Wildman–Crippen MR) is 76.1 cm³/mol. The van der Waals surface area contributed by atoms with E-state index >= 15 is 0 Å². The van der Waals surface area contributed by atoms with Crippen LogP contribution < -0.4 is 10.5 Å². The van der Waals surface area contributed by atoms with Crippen molar-refractivity contribution in [3.05, 3.63) is 51.6 Å². The molecular weight excluding hydrogens is 316 g/mol. The first-order valence-electron chi connectivity index (χ1n) is 5.40. The van der Waals surface area contributed by atoms with Gasteiger partial charge in [0.05, 0.1) is 5.02 Å². The molecule has 1 atom stereocenters. The summed E-state index contributed by atoms with van der Waals surface area (Å²) in [5.74, 6) is 1.06. The van der Waals surface area contributed by atoms with E-state index in [9.17, 15) is 0 Å². The van der Waals surface area contributed by atoms with Gasteiger partial charge in [0.2, 0.25) is 5.88 Å². The highest BCUT2D eigenvalue weighted by molar-refractivity contribution is 9.10. The molecule has 0 fully saturated rings. The van der Waals surface area contributed by atoms with Gasteiger partial charge in [-0.1, -0.05) is 33.6 Å². The Balaban J connectivity index is 2.18. The van der Waals surface area contributed by atoms with Crippen molar-refractivity contribution in [1.29, 1.82) is 0 Å². The first-order chi connectivity index (χ1) is 8.56. The molecule has 1 aromatic heterocycles. The zero-order valence-electron chi connectivity index (χ0n) is 9.73. The highest BCUT2D eigenvalue weighted by Gasteiger charge is 2.05. The van der Waals surface area contributed by atoms with Crippen molar-refractivity contribution >= 4 is 27.5 Å². The van der Waals surface area contributed by atoms with Gasteiger partial charge in [0.1, 0.15) is 5.75 Å². The summed E-state index contributed by atoms with van der Waals surface area (Å²) in [4.78, 5) is 4.19. The molecule has 5 heteroatoms. The Morgan fingerprint density at radius 1 is 1.33 bits per heavy atom. The lowest BCUT2D eigenvalue weighted by Crippen LogP contribution is -2.05. The number of nitrogens with two attached hydrogens (primary N) is 1. The molecule has 1 aromatic carbocycles. The van der Waals surface area contributed by atoms with Gasteiger partial charge < -0.3 is 10.5 Å². The third-order valence-corrected chi connectivity index (χ3v) is 3.18. The van der Waals surface area contributed by atoms with Crippen LogP contribution >= 0.6 is 27.5 Å². The van der Waals surface area contributed by atoms with Crippen molar-refractivity contribution in [2.24, 2.45) is 5.73 Å². The number of benzene rings is 1. The second-order valence-electron chi connectivity index (χ2n) is 3.90. The van der Waals surface area contributed by atoms with Crippen LogP contribution in [0.5, 0.6) is 11.6 Å². The number of ether oxygens (including phenoxy) is 1. The summed E-state index contributed by atoms with van der Waals surface area (Å²) >= 11 is 9.40. The molecule has 2 rings (SSSR count). The van der Waals surface area contributed by atoms with Gasteiger partial charge in [0, 0.05) is 22.8 Å². The zero-order valence-corrected chi connectivity index (χ0v) is 12.1. The summed E-state index contributed by atoms with van der Waals surface area (Å²) in [5.41, 5.74) is 6.71. The summed E-state index contributed by atoms with van der Waals surface area (Å²) < 4.78 is 6.50. The van der Waals surface area contributed by atoms with Crippen molar-refractivity contribution in [2.45, 2.75) is 13.0 Å². The molecule has 0 aliphatic carbocycles. The molecule has 0 unspecified atom stereocenters. The van der Waals surface area contributed by atoms with Crippen LogP contribution in [-0.2, 0) is 0 Å². The highest BCUT2D eigenvalue weighted by Crippen LogP contribution is 2.31. The van der Waals surface area contributed by atoms with Crippen LogP contribution in [0.3, 0.4) is 0 Å². The van der Waals surface area contributed by atoms with E-state index in [0.717, 1.165) is 10.0 Å². The average Bonchev–Trinajstić information content (AvgIpc) is 2.33. The molecule has 0 aliphatic rings. The van der Waals surface area contributed by atoms with Crippen LogP contribution in [0.25, 0.3) is 0 Å². The van der Waals surface area contributed by atoms with E-state index in [-0.39, 0.29) is 6.04 Å². The van der Waals surface area contributed by atoms with Gasteiger partial charge in [-0.05, 0) is 30.7 Å². The minimum Gasteiger partial charge on any atom is -0.437 e. The molecular formula is C13H12BrClN2O. The van der Waals surface area contributed by atoms with E-state index in [0.29, 0.717) is 16.7 Å². The van der Waals surface area contributed by atoms with Gasteiger partial charge in [-0.25, -0.2) is 4.98 Å². The van der Waals surface area contributed by atoms with Gasteiger partial charge in [-0.3, -0.25) is 0 Å². The summed E-state index contributed by atoms with van der Waals surface area (Å²) in [5, 5.41) is 0.530. The molecule has 0 amide bonds. The number of halogens is 2. The lowest BCUT2D eigenvalue weighted by atomic mass is 10.2. The highest BCUT2D eigenvalue weighted by atomic mass is 79.9. The van der Waals surface area contributed by atoms with Crippen molar-refractivity contribution < 1.29 is 4.74 Å². The molecule has 18 heavy (non-hydrogen) atoms.